The van der Waals surface area contributed by atoms with Crippen LogP contribution < -0.4 is 10.6 Å². The highest BCUT2D eigenvalue weighted by Crippen LogP contribution is 2.23. The quantitative estimate of drug-likeness (QED) is 0.711. The fraction of sp³-hybridized carbons (Fsp3) is 0.429. The molecule has 10 heteroatoms. The number of pyridine rings is 1. The topological polar surface area (TPSA) is 75.6 Å². The molecular formula is C14H17F3N6S. The molecule has 0 aliphatic rings. The van der Waals surface area contributed by atoms with Crippen LogP contribution in [0.25, 0.3) is 11.5 Å². The fourth-order valence-electron chi connectivity index (χ4n) is 1.70. The molecule has 0 bridgehead atoms. The Kier molecular flexibility index (Phi) is 5.47. The predicted octanol–water partition coefficient (Wildman–Crippen LogP) is 3.41. The van der Waals surface area contributed by atoms with E-state index in [4.69, 9.17) is 0 Å². The van der Waals surface area contributed by atoms with Gasteiger partial charge in [0, 0.05) is 6.04 Å². The predicted molar refractivity (Wildman–Crippen MR) is 88.2 cm³/mol. The van der Waals surface area contributed by atoms with Gasteiger partial charge in [-0.15, -0.1) is 12.6 Å². The lowest BCUT2D eigenvalue weighted by Crippen LogP contribution is -2.34. The lowest BCUT2D eigenvalue weighted by molar-refractivity contribution is -0.138. The number of aromatic nitrogens is 4. The van der Waals surface area contributed by atoms with E-state index >= 15 is 0 Å². The zero-order valence-electron chi connectivity index (χ0n) is 13.3. The van der Waals surface area contributed by atoms with Crippen molar-refractivity contribution in [2.45, 2.75) is 44.1 Å². The Morgan fingerprint density at radius 1 is 0.958 bits per heavy atom. The van der Waals surface area contributed by atoms with E-state index < -0.39 is 12.2 Å². The molecule has 2 rings (SSSR count). The third-order valence-electron chi connectivity index (χ3n) is 2.85. The number of nitrogens with one attached hydrogen (secondary N) is 2. The number of anilines is 2. The maximum absolute atomic E-state index is 12.8. The molecule has 24 heavy (non-hydrogen) atoms. The second-order valence-electron chi connectivity index (χ2n) is 5.39. The molecular weight excluding hydrogens is 341 g/mol. The van der Waals surface area contributed by atoms with E-state index in [0.717, 1.165) is 6.92 Å². The summed E-state index contributed by atoms with van der Waals surface area (Å²) in [5.74, 6) is 0.138. The van der Waals surface area contributed by atoms with Gasteiger partial charge in [-0.25, -0.2) is 4.98 Å². The molecule has 0 radical (unpaired) electrons. The largest absolute Gasteiger partial charge is 0.408 e. The second-order valence-corrected chi connectivity index (χ2v) is 5.85. The van der Waals surface area contributed by atoms with E-state index in [1.165, 1.54) is 0 Å². The summed E-state index contributed by atoms with van der Waals surface area (Å²) in [6.07, 6.45) is -4.41. The van der Waals surface area contributed by atoms with Crippen LogP contribution >= 0.6 is 12.6 Å². The van der Waals surface area contributed by atoms with Crippen molar-refractivity contribution in [2.75, 3.05) is 10.6 Å². The Labute approximate surface area is 142 Å². The smallest absolute Gasteiger partial charge is 0.352 e. The highest BCUT2D eigenvalue weighted by molar-refractivity contribution is 7.80. The summed E-state index contributed by atoms with van der Waals surface area (Å²) in [6.45, 7) is 4.72. The number of rotatable bonds is 5. The van der Waals surface area contributed by atoms with Gasteiger partial charge in [0.15, 0.2) is 5.82 Å². The molecule has 2 heterocycles. The molecule has 0 saturated carbocycles. The Balaban J connectivity index is 2.41. The highest BCUT2D eigenvalue weighted by atomic mass is 32.1. The molecule has 0 fully saturated rings. The first kappa shape index (κ1) is 18.2. The number of thiol groups is 1. The van der Waals surface area contributed by atoms with Gasteiger partial charge in [0.05, 0.1) is 5.03 Å². The van der Waals surface area contributed by atoms with E-state index in [1.54, 1.807) is 18.2 Å². The molecule has 2 aromatic heterocycles. The lowest BCUT2D eigenvalue weighted by Gasteiger charge is -2.18. The Hall–Kier alpha value is -2.10. The zero-order chi connectivity index (χ0) is 17.9. The minimum absolute atomic E-state index is 0.00249. The summed E-state index contributed by atoms with van der Waals surface area (Å²) in [5, 5.41) is 5.65. The van der Waals surface area contributed by atoms with Crippen LogP contribution in [0.2, 0.25) is 0 Å². The van der Waals surface area contributed by atoms with Gasteiger partial charge in [0.2, 0.25) is 11.9 Å². The molecule has 130 valence electrons. The number of nitrogens with zero attached hydrogens (tertiary/aromatic N) is 4. The van der Waals surface area contributed by atoms with E-state index in [9.17, 15) is 13.2 Å². The van der Waals surface area contributed by atoms with Crippen LogP contribution in [0.5, 0.6) is 0 Å². The molecule has 0 aliphatic heterocycles. The maximum Gasteiger partial charge on any atom is 0.408 e. The van der Waals surface area contributed by atoms with Crippen LogP contribution in [0, 0.1) is 0 Å². The van der Waals surface area contributed by atoms with Crippen LogP contribution in [0.15, 0.2) is 23.2 Å². The van der Waals surface area contributed by atoms with Crippen LogP contribution in [-0.2, 0) is 0 Å². The normalized spacial score (nSPS) is 13.0. The first-order chi connectivity index (χ1) is 11.1. The minimum atomic E-state index is -4.41. The molecule has 0 aromatic carbocycles. The molecule has 6 nitrogen and oxygen atoms in total. The average molecular weight is 358 g/mol. The van der Waals surface area contributed by atoms with E-state index in [-0.39, 0.29) is 23.8 Å². The number of halogens is 3. The van der Waals surface area contributed by atoms with Crippen molar-refractivity contribution in [3.05, 3.63) is 18.2 Å². The van der Waals surface area contributed by atoms with Crippen molar-refractivity contribution in [3.63, 3.8) is 0 Å². The zero-order valence-corrected chi connectivity index (χ0v) is 14.2. The standard InChI is InChI=1S/C14H17F3N6S/c1-7(2)18-12-21-11(9-5-4-6-10(24)20-9)22-13(23-12)19-8(3)14(15,16)17/h4-8H,1-3H3,(H,20,24)(H2,18,19,21,22,23)/t8-/m1/s1. The molecule has 2 N–H and O–H groups in total. The summed E-state index contributed by atoms with van der Waals surface area (Å²) in [4.78, 5) is 16.4. The molecule has 1 atom stereocenters. The molecule has 0 unspecified atom stereocenters. The summed E-state index contributed by atoms with van der Waals surface area (Å²) in [5.41, 5.74) is 0.388. The van der Waals surface area contributed by atoms with Gasteiger partial charge in [-0.1, -0.05) is 6.07 Å². The van der Waals surface area contributed by atoms with Gasteiger partial charge in [0.25, 0.3) is 0 Å². The Morgan fingerprint density at radius 3 is 2.12 bits per heavy atom. The third-order valence-corrected chi connectivity index (χ3v) is 3.10. The summed E-state index contributed by atoms with van der Waals surface area (Å²) in [7, 11) is 0. The van der Waals surface area contributed by atoms with Crippen molar-refractivity contribution in [1.82, 2.24) is 19.9 Å². The monoisotopic (exact) mass is 358 g/mol. The van der Waals surface area contributed by atoms with Crippen molar-refractivity contribution in [3.8, 4) is 11.5 Å². The average Bonchev–Trinajstić information content (AvgIpc) is 2.45. The fourth-order valence-corrected chi connectivity index (χ4v) is 1.89. The molecule has 2 aromatic rings. The van der Waals surface area contributed by atoms with Gasteiger partial charge < -0.3 is 10.6 Å². The number of hydrogen-bond acceptors (Lipinski definition) is 7. The number of hydrogen-bond donors (Lipinski definition) is 3. The molecule has 0 amide bonds. The van der Waals surface area contributed by atoms with Crippen molar-refractivity contribution < 1.29 is 13.2 Å². The first-order valence-electron chi connectivity index (χ1n) is 7.17. The summed E-state index contributed by atoms with van der Waals surface area (Å²) >= 11 is 4.14. The molecule has 0 spiro atoms. The maximum atomic E-state index is 12.8. The van der Waals surface area contributed by atoms with Crippen molar-refractivity contribution >= 4 is 24.5 Å². The summed E-state index contributed by atoms with van der Waals surface area (Å²) in [6, 6.07) is 3.22. The Bertz CT molecular complexity index is 707. The van der Waals surface area contributed by atoms with Gasteiger partial charge in [-0.2, -0.15) is 28.1 Å². The van der Waals surface area contributed by atoms with Crippen LogP contribution in [-0.4, -0.2) is 38.2 Å². The minimum Gasteiger partial charge on any atom is -0.352 e. The van der Waals surface area contributed by atoms with Gasteiger partial charge in [-0.3, -0.25) is 0 Å². The number of alkyl halides is 3. The molecule has 0 aliphatic carbocycles. The molecule has 0 saturated heterocycles. The van der Waals surface area contributed by atoms with Crippen molar-refractivity contribution in [1.29, 1.82) is 0 Å². The van der Waals surface area contributed by atoms with Crippen LogP contribution in [0.1, 0.15) is 20.8 Å². The second kappa shape index (κ2) is 7.20. The van der Waals surface area contributed by atoms with E-state index in [2.05, 4.69) is 43.2 Å². The Morgan fingerprint density at radius 2 is 1.58 bits per heavy atom. The van der Waals surface area contributed by atoms with Gasteiger partial charge in [0.1, 0.15) is 11.7 Å². The summed E-state index contributed by atoms with van der Waals surface area (Å²) < 4.78 is 38.3. The SMILES string of the molecule is CC(C)Nc1nc(N[C@H](C)C(F)(F)F)nc(-c2cccc(S)n2)n1. The lowest BCUT2D eigenvalue weighted by atomic mass is 10.3. The van der Waals surface area contributed by atoms with Crippen LogP contribution in [0.3, 0.4) is 0 Å². The highest BCUT2D eigenvalue weighted by Gasteiger charge is 2.36. The van der Waals surface area contributed by atoms with Crippen LogP contribution in [0.4, 0.5) is 25.1 Å². The van der Waals surface area contributed by atoms with Crippen molar-refractivity contribution in [2.24, 2.45) is 0 Å². The van der Waals surface area contributed by atoms with Gasteiger partial charge in [-0.05, 0) is 32.9 Å². The first-order valence-corrected chi connectivity index (χ1v) is 7.62. The van der Waals surface area contributed by atoms with E-state index in [0.29, 0.717) is 10.7 Å². The third kappa shape index (κ3) is 4.95. The van der Waals surface area contributed by atoms with E-state index in [1.807, 2.05) is 13.8 Å². The van der Waals surface area contributed by atoms with Gasteiger partial charge >= 0.3 is 6.18 Å².